The fraction of sp³-hybridized carbons (Fsp3) is 0.733. The zero-order chi connectivity index (χ0) is 14.2. The van der Waals surface area contributed by atoms with E-state index in [9.17, 15) is 4.79 Å². The Morgan fingerprint density at radius 1 is 1.30 bits per heavy atom. The van der Waals surface area contributed by atoms with Gasteiger partial charge in [0.15, 0.2) is 0 Å². The summed E-state index contributed by atoms with van der Waals surface area (Å²) in [6.07, 6.45) is 9.70. The van der Waals surface area contributed by atoms with Crippen molar-refractivity contribution in [2.45, 2.75) is 51.6 Å². The highest BCUT2D eigenvalue weighted by molar-refractivity contribution is 5.78. The maximum absolute atomic E-state index is 12.0. The van der Waals surface area contributed by atoms with Gasteiger partial charge < -0.3 is 5.32 Å². The summed E-state index contributed by atoms with van der Waals surface area (Å²) < 4.78 is 1.90. The smallest absolute Gasteiger partial charge is 0.234 e. The molecule has 1 atom stereocenters. The predicted molar refractivity (Wildman–Crippen MR) is 79.4 cm³/mol. The fourth-order valence-corrected chi connectivity index (χ4v) is 2.65. The Balaban J connectivity index is 1.65. The number of nitrogens with one attached hydrogen (secondary N) is 1. The van der Waals surface area contributed by atoms with E-state index in [0.717, 1.165) is 26.1 Å². The van der Waals surface area contributed by atoms with E-state index in [1.54, 1.807) is 6.20 Å². The van der Waals surface area contributed by atoms with Crippen LogP contribution in [0.3, 0.4) is 0 Å². The average molecular weight is 278 g/mol. The van der Waals surface area contributed by atoms with Gasteiger partial charge in [0.05, 0.1) is 6.54 Å². The minimum atomic E-state index is 0.153. The van der Waals surface area contributed by atoms with Crippen LogP contribution in [0.15, 0.2) is 18.5 Å². The van der Waals surface area contributed by atoms with Crippen LogP contribution in [-0.4, -0.2) is 46.3 Å². The molecule has 0 saturated carbocycles. The highest BCUT2D eigenvalue weighted by Crippen LogP contribution is 2.09. The first kappa shape index (κ1) is 15.0. The van der Waals surface area contributed by atoms with Crippen LogP contribution in [0.25, 0.3) is 0 Å². The molecule has 2 rings (SSSR count). The Bertz CT molecular complexity index is 383. The molecule has 5 nitrogen and oxygen atoms in total. The van der Waals surface area contributed by atoms with Gasteiger partial charge in [-0.05, 0) is 45.3 Å². The highest BCUT2D eigenvalue weighted by atomic mass is 16.2. The van der Waals surface area contributed by atoms with Gasteiger partial charge in [-0.3, -0.25) is 14.4 Å². The van der Waals surface area contributed by atoms with Crippen molar-refractivity contribution in [1.29, 1.82) is 0 Å². The molecular weight excluding hydrogens is 252 g/mol. The summed E-state index contributed by atoms with van der Waals surface area (Å²) in [5.41, 5.74) is 0. The lowest BCUT2D eigenvalue weighted by atomic mass is 10.2. The van der Waals surface area contributed by atoms with E-state index in [1.165, 1.54) is 25.7 Å². The van der Waals surface area contributed by atoms with Crippen molar-refractivity contribution in [2.75, 3.05) is 19.6 Å². The molecule has 1 aromatic rings. The number of nitrogens with zero attached hydrogens (tertiary/aromatic N) is 3. The number of aryl methyl sites for hydroxylation is 1. The highest BCUT2D eigenvalue weighted by Gasteiger charge is 2.14. The quantitative estimate of drug-likeness (QED) is 0.861. The minimum Gasteiger partial charge on any atom is -0.352 e. The molecule has 112 valence electrons. The third-order valence-electron chi connectivity index (χ3n) is 3.82. The van der Waals surface area contributed by atoms with Crippen LogP contribution in [0, 0.1) is 0 Å². The van der Waals surface area contributed by atoms with E-state index < -0.39 is 0 Å². The van der Waals surface area contributed by atoms with Gasteiger partial charge in [0.1, 0.15) is 0 Å². The van der Waals surface area contributed by atoms with Gasteiger partial charge in [-0.25, -0.2) is 0 Å². The first-order chi connectivity index (χ1) is 9.74. The lowest BCUT2D eigenvalue weighted by Gasteiger charge is -2.21. The van der Waals surface area contributed by atoms with Crippen LogP contribution in [0.1, 0.15) is 39.0 Å². The van der Waals surface area contributed by atoms with Gasteiger partial charge in [0.25, 0.3) is 0 Å². The number of hydrogen-bond donors (Lipinski definition) is 1. The maximum atomic E-state index is 12.0. The van der Waals surface area contributed by atoms with Crippen LogP contribution in [-0.2, 0) is 11.3 Å². The first-order valence-electron chi connectivity index (χ1n) is 7.73. The van der Waals surface area contributed by atoms with E-state index in [4.69, 9.17) is 0 Å². The summed E-state index contributed by atoms with van der Waals surface area (Å²) in [7, 11) is 0. The molecule has 1 fully saturated rings. The average Bonchev–Trinajstić information content (AvgIpc) is 2.81. The number of rotatable bonds is 6. The normalized spacial score (nSPS) is 18.4. The molecule has 1 aliphatic rings. The van der Waals surface area contributed by atoms with Gasteiger partial charge >= 0.3 is 0 Å². The zero-order valence-corrected chi connectivity index (χ0v) is 12.4. The zero-order valence-electron chi connectivity index (χ0n) is 12.4. The Hall–Kier alpha value is -1.36. The molecule has 5 heteroatoms. The monoisotopic (exact) mass is 278 g/mol. The van der Waals surface area contributed by atoms with Gasteiger partial charge in [-0.2, -0.15) is 5.10 Å². The predicted octanol–water partition coefficient (Wildman–Crippen LogP) is 1.65. The molecule has 0 radical (unpaired) electrons. The SMILES string of the molecule is C[C@H](CCn1cccn1)NC(=O)CN1CCCCCC1. The third kappa shape index (κ3) is 5.33. The van der Waals surface area contributed by atoms with Crippen LogP contribution in [0.5, 0.6) is 0 Å². The molecule has 1 saturated heterocycles. The van der Waals surface area contributed by atoms with Crippen LogP contribution < -0.4 is 5.32 Å². The van der Waals surface area contributed by atoms with Crippen molar-refractivity contribution < 1.29 is 4.79 Å². The maximum Gasteiger partial charge on any atom is 0.234 e. The molecule has 0 aliphatic carbocycles. The fourth-order valence-electron chi connectivity index (χ4n) is 2.65. The van der Waals surface area contributed by atoms with E-state index in [1.807, 2.05) is 16.9 Å². The Labute approximate surface area is 121 Å². The lowest BCUT2D eigenvalue weighted by molar-refractivity contribution is -0.122. The summed E-state index contributed by atoms with van der Waals surface area (Å²) in [4.78, 5) is 14.3. The van der Waals surface area contributed by atoms with Gasteiger partial charge in [-0.15, -0.1) is 0 Å². The second kappa shape index (κ2) is 8.04. The minimum absolute atomic E-state index is 0.153. The lowest BCUT2D eigenvalue weighted by Crippen LogP contribution is -2.41. The largest absolute Gasteiger partial charge is 0.352 e. The number of aromatic nitrogens is 2. The van der Waals surface area contributed by atoms with Gasteiger partial charge in [0, 0.05) is 25.0 Å². The van der Waals surface area contributed by atoms with Crippen LogP contribution in [0.2, 0.25) is 0 Å². The number of hydrogen-bond acceptors (Lipinski definition) is 3. The topological polar surface area (TPSA) is 50.2 Å². The van der Waals surface area contributed by atoms with Gasteiger partial charge in [0.2, 0.25) is 5.91 Å². The summed E-state index contributed by atoms with van der Waals surface area (Å²) >= 11 is 0. The van der Waals surface area contributed by atoms with Gasteiger partial charge in [-0.1, -0.05) is 12.8 Å². The molecule has 0 aromatic carbocycles. The Morgan fingerprint density at radius 2 is 2.05 bits per heavy atom. The number of carbonyl (C=O) groups excluding carboxylic acids is 1. The summed E-state index contributed by atoms with van der Waals surface area (Å²) in [6, 6.07) is 2.11. The van der Waals surface area contributed by atoms with E-state index in [-0.39, 0.29) is 11.9 Å². The molecule has 1 aliphatic heterocycles. The molecular formula is C15H26N4O. The van der Waals surface area contributed by atoms with Crippen molar-refractivity contribution in [3.8, 4) is 0 Å². The van der Waals surface area contributed by atoms with E-state index in [2.05, 4.69) is 22.2 Å². The summed E-state index contributed by atoms with van der Waals surface area (Å²) in [5.74, 6) is 0.153. The van der Waals surface area contributed by atoms with Crippen molar-refractivity contribution >= 4 is 5.91 Å². The standard InChI is InChI=1S/C15H26N4O/c1-14(7-12-19-11-6-8-16-19)17-15(20)13-18-9-4-2-3-5-10-18/h6,8,11,14H,2-5,7,9-10,12-13H2,1H3,(H,17,20)/t14-/m1/s1. The van der Waals surface area contributed by atoms with Crippen molar-refractivity contribution in [1.82, 2.24) is 20.0 Å². The summed E-state index contributed by atoms with van der Waals surface area (Å²) in [6.45, 7) is 5.58. The molecule has 0 unspecified atom stereocenters. The third-order valence-corrected chi connectivity index (χ3v) is 3.82. The molecule has 1 N–H and O–H groups in total. The molecule has 1 aromatic heterocycles. The van der Waals surface area contributed by atoms with Crippen molar-refractivity contribution in [2.24, 2.45) is 0 Å². The van der Waals surface area contributed by atoms with Crippen LogP contribution >= 0.6 is 0 Å². The van der Waals surface area contributed by atoms with E-state index in [0.29, 0.717) is 6.54 Å². The molecule has 1 amide bonds. The Morgan fingerprint density at radius 3 is 2.70 bits per heavy atom. The van der Waals surface area contributed by atoms with E-state index >= 15 is 0 Å². The Kier molecular flexibility index (Phi) is 6.05. The number of amides is 1. The second-order valence-electron chi connectivity index (χ2n) is 5.72. The summed E-state index contributed by atoms with van der Waals surface area (Å²) in [5, 5.41) is 7.26. The number of likely N-dealkylation sites (tertiary alicyclic amines) is 1. The van der Waals surface area contributed by atoms with Crippen LogP contribution in [0.4, 0.5) is 0 Å². The molecule has 0 bridgehead atoms. The molecule has 0 spiro atoms. The molecule has 20 heavy (non-hydrogen) atoms. The first-order valence-corrected chi connectivity index (χ1v) is 7.73. The second-order valence-corrected chi connectivity index (χ2v) is 5.72. The van der Waals surface area contributed by atoms with Crippen molar-refractivity contribution in [3.63, 3.8) is 0 Å². The molecule has 2 heterocycles. The number of carbonyl (C=O) groups is 1. The van der Waals surface area contributed by atoms with Crippen molar-refractivity contribution in [3.05, 3.63) is 18.5 Å².